The fourth-order valence-electron chi connectivity index (χ4n) is 1.65. The van der Waals surface area contributed by atoms with Gasteiger partial charge in [0.2, 0.25) is 0 Å². The van der Waals surface area contributed by atoms with Crippen molar-refractivity contribution in [3.05, 3.63) is 35.4 Å². The summed E-state index contributed by atoms with van der Waals surface area (Å²) >= 11 is 0. The van der Waals surface area contributed by atoms with Gasteiger partial charge in [-0.15, -0.1) is 0 Å². The van der Waals surface area contributed by atoms with Crippen LogP contribution in [0.5, 0.6) is 0 Å². The van der Waals surface area contributed by atoms with Crippen LogP contribution in [0.25, 0.3) is 0 Å². The maximum absolute atomic E-state index is 11.9. The molecule has 19 heavy (non-hydrogen) atoms. The van der Waals surface area contributed by atoms with Gasteiger partial charge in [0.25, 0.3) is 0 Å². The van der Waals surface area contributed by atoms with Crippen LogP contribution in [0.1, 0.15) is 11.1 Å². The van der Waals surface area contributed by atoms with E-state index in [2.05, 4.69) is 4.74 Å². The Morgan fingerprint density at radius 3 is 2.58 bits per heavy atom. The van der Waals surface area contributed by atoms with Crippen molar-refractivity contribution in [1.82, 2.24) is 4.90 Å². The summed E-state index contributed by atoms with van der Waals surface area (Å²) in [5.41, 5.74) is 7.67. The molecule has 0 aliphatic rings. The molecule has 0 radical (unpaired) electrons. The first kappa shape index (κ1) is 15.9. The van der Waals surface area contributed by atoms with E-state index in [1.807, 2.05) is 36.2 Å². The number of hydrogen-bond donors (Lipinski definition) is 1. The number of halogens is 3. The lowest BCUT2D eigenvalue weighted by Gasteiger charge is -2.17. The van der Waals surface area contributed by atoms with Crippen molar-refractivity contribution in [3.63, 3.8) is 0 Å². The van der Waals surface area contributed by atoms with E-state index in [1.165, 1.54) is 0 Å². The minimum absolute atomic E-state index is 0.0621. The highest BCUT2D eigenvalue weighted by molar-refractivity contribution is 5.23. The molecular weight excluding hydrogens is 257 g/mol. The molecule has 3 nitrogen and oxygen atoms in total. The highest BCUT2D eigenvalue weighted by Crippen LogP contribution is 2.14. The number of nitrogens with two attached hydrogens (primary N) is 1. The van der Waals surface area contributed by atoms with Crippen molar-refractivity contribution < 1.29 is 17.9 Å². The molecule has 0 atom stereocenters. The number of alkyl halides is 3. The van der Waals surface area contributed by atoms with E-state index in [-0.39, 0.29) is 6.61 Å². The Balaban J connectivity index is 2.28. The Bertz CT molecular complexity index is 382. The van der Waals surface area contributed by atoms with Crippen LogP contribution in [0.2, 0.25) is 0 Å². The maximum Gasteiger partial charge on any atom is 0.411 e. The summed E-state index contributed by atoms with van der Waals surface area (Å²) in [6, 6.07) is 7.82. The van der Waals surface area contributed by atoms with E-state index >= 15 is 0 Å². The molecule has 0 fully saturated rings. The molecule has 1 aromatic rings. The third kappa shape index (κ3) is 7.15. The lowest BCUT2D eigenvalue weighted by Crippen LogP contribution is -2.25. The Morgan fingerprint density at radius 2 is 1.95 bits per heavy atom. The van der Waals surface area contributed by atoms with Gasteiger partial charge in [0.05, 0.1) is 6.61 Å². The zero-order valence-corrected chi connectivity index (χ0v) is 10.9. The van der Waals surface area contributed by atoms with Gasteiger partial charge in [-0.25, -0.2) is 0 Å². The molecule has 0 unspecified atom stereocenters. The Labute approximate surface area is 111 Å². The summed E-state index contributed by atoms with van der Waals surface area (Å²) in [6.45, 7) is 0.453. The van der Waals surface area contributed by atoms with Gasteiger partial charge in [-0.3, -0.25) is 4.90 Å². The first-order chi connectivity index (χ1) is 8.90. The number of nitrogens with zero attached hydrogens (tertiary/aromatic N) is 1. The second-order valence-corrected chi connectivity index (χ2v) is 4.43. The predicted molar refractivity (Wildman–Crippen MR) is 67.5 cm³/mol. The molecule has 0 aromatic heterocycles. The molecule has 1 rings (SSSR count). The first-order valence-corrected chi connectivity index (χ1v) is 6.01. The summed E-state index contributed by atoms with van der Waals surface area (Å²) in [7, 11) is 1.84. The number of rotatable bonds is 7. The number of benzene rings is 1. The highest BCUT2D eigenvalue weighted by Gasteiger charge is 2.27. The Kier molecular flexibility index (Phi) is 6.27. The molecule has 0 heterocycles. The minimum atomic E-state index is -4.26. The number of hydrogen-bond acceptors (Lipinski definition) is 3. The van der Waals surface area contributed by atoms with Gasteiger partial charge in [-0.1, -0.05) is 24.3 Å². The zero-order chi connectivity index (χ0) is 14.3. The van der Waals surface area contributed by atoms with E-state index in [9.17, 15) is 13.2 Å². The van der Waals surface area contributed by atoms with Gasteiger partial charge in [0.1, 0.15) is 6.61 Å². The van der Waals surface area contributed by atoms with Gasteiger partial charge in [0, 0.05) is 19.6 Å². The summed E-state index contributed by atoms with van der Waals surface area (Å²) in [5.74, 6) is 0. The van der Waals surface area contributed by atoms with Crippen LogP contribution in [0.4, 0.5) is 13.2 Å². The molecule has 0 aliphatic carbocycles. The van der Waals surface area contributed by atoms with Gasteiger partial charge >= 0.3 is 6.18 Å². The molecule has 0 spiro atoms. The summed E-state index contributed by atoms with van der Waals surface area (Å²) in [6.07, 6.45) is -4.26. The standard InChI is InChI=1S/C13H19F3N2O/c1-18(5-6-19-10-13(14,15)16)9-12-4-2-3-11(7-12)8-17/h2-4,7H,5-6,8-10,17H2,1H3. The fourth-order valence-corrected chi connectivity index (χ4v) is 1.65. The largest absolute Gasteiger partial charge is 0.411 e. The van der Waals surface area contributed by atoms with Crippen molar-refractivity contribution in [2.24, 2.45) is 5.73 Å². The molecule has 0 aliphatic heterocycles. The van der Waals surface area contributed by atoms with Crippen molar-refractivity contribution >= 4 is 0 Å². The average Bonchev–Trinajstić information content (AvgIpc) is 2.34. The van der Waals surface area contributed by atoms with Crippen LogP contribution < -0.4 is 5.73 Å². The van der Waals surface area contributed by atoms with E-state index in [1.54, 1.807) is 0 Å². The Hall–Kier alpha value is -1.11. The molecule has 0 amide bonds. The normalized spacial score (nSPS) is 12.1. The number of ether oxygens (including phenoxy) is 1. The third-order valence-corrected chi connectivity index (χ3v) is 2.56. The molecule has 0 bridgehead atoms. The van der Waals surface area contributed by atoms with Crippen LogP contribution >= 0.6 is 0 Å². The predicted octanol–water partition coefficient (Wildman–Crippen LogP) is 2.16. The van der Waals surface area contributed by atoms with E-state index in [0.717, 1.165) is 11.1 Å². The third-order valence-electron chi connectivity index (χ3n) is 2.56. The zero-order valence-electron chi connectivity index (χ0n) is 10.9. The van der Waals surface area contributed by atoms with E-state index < -0.39 is 12.8 Å². The molecular formula is C13H19F3N2O. The van der Waals surface area contributed by atoms with Crippen molar-refractivity contribution in [3.8, 4) is 0 Å². The molecule has 2 N–H and O–H groups in total. The van der Waals surface area contributed by atoms with Crippen LogP contribution in [0, 0.1) is 0 Å². The SMILES string of the molecule is CN(CCOCC(F)(F)F)Cc1cccc(CN)c1. The van der Waals surface area contributed by atoms with Crippen LogP contribution in [0.15, 0.2) is 24.3 Å². The monoisotopic (exact) mass is 276 g/mol. The quantitative estimate of drug-likeness (QED) is 0.776. The molecule has 1 aromatic carbocycles. The van der Waals surface area contributed by atoms with Crippen LogP contribution in [-0.2, 0) is 17.8 Å². The topological polar surface area (TPSA) is 38.5 Å². The van der Waals surface area contributed by atoms with Gasteiger partial charge in [-0.05, 0) is 18.2 Å². The van der Waals surface area contributed by atoms with Gasteiger partial charge < -0.3 is 10.5 Å². The second-order valence-electron chi connectivity index (χ2n) is 4.43. The second kappa shape index (κ2) is 7.47. The smallest absolute Gasteiger partial charge is 0.371 e. The Morgan fingerprint density at radius 1 is 1.26 bits per heavy atom. The molecule has 108 valence electrons. The molecule has 0 saturated carbocycles. The first-order valence-electron chi connectivity index (χ1n) is 6.01. The van der Waals surface area contributed by atoms with Crippen molar-refractivity contribution in [2.45, 2.75) is 19.3 Å². The van der Waals surface area contributed by atoms with Crippen LogP contribution in [-0.4, -0.2) is 37.9 Å². The minimum Gasteiger partial charge on any atom is -0.371 e. The van der Waals surface area contributed by atoms with E-state index in [0.29, 0.717) is 19.6 Å². The van der Waals surface area contributed by atoms with Crippen molar-refractivity contribution in [1.29, 1.82) is 0 Å². The van der Waals surface area contributed by atoms with Gasteiger partial charge in [0.15, 0.2) is 0 Å². The summed E-state index contributed by atoms with van der Waals surface area (Å²) in [4.78, 5) is 1.91. The van der Waals surface area contributed by atoms with E-state index in [4.69, 9.17) is 5.73 Å². The van der Waals surface area contributed by atoms with Gasteiger partial charge in [-0.2, -0.15) is 13.2 Å². The van der Waals surface area contributed by atoms with Crippen molar-refractivity contribution in [2.75, 3.05) is 26.8 Å². The highest BCUT2D eigenvalue weighted by atomic mass is 19.4. The maximum atomic E-state index is 11.9. The summed E-state index contributed by atoms with van der Waals surface area (Å²) in [5, 5.41) is 0. The fraction of sp³-hybridized carbons (Fsp3) is 0.538. The lowest BCUT2D eigenvalue weighted by atomic mass is 10.1. The average molecular weight is 276 g/mol. The van der Waals surface area contributed by atoms with Crippen LogP contribution in [0.3, 0.4) is 0 Å². The molecule has 6 heteroatoms. The lowest BCUT2D eigenvalue weighted by molar-refractivity contribution is -0.174. The molecule has 0 saturated heterocycles. The number of likely N-dealkylation sites (N-methyl/N-ethyl adjacent to an activating group) is 1. The summed E-state index contributed by atoms with van der Waals surface area (Å²) < 4.78 is 40.1.